The molecule has 0 saturated carbocycles. The van der Waals surface area contributed by atoms with Crippen molar-refractivity contribution in [3.63, 3.8) is 0 Å². The molecule has 2 aromatic carbocycles. The summed E-state index contributed by atoms with van der Waals surface area (Å²) >= 11 is 6.19. The Morgan fingerprint density at radius 1 is 0.867 bits per heavy atom. The Kier molecular flexibility index (Phi) is 6.67. The number of halogens is 1. The quantitative estimate of drug-likeness (QED) is 0.752. The summed E-state index contributed by atoms with van der Waals surface area (Å²) in [6.45, 7) is 5.39. The molecular weight excluding hydrogens is 402 g/mol. The highest BCUT2D eigenvalue weighted by Crippen LogP contribution is 2.19. The van der Waals surface area contributed by atoms with Gasteiger partial charge in [-0.25, -0.2) is 0 Å². The molecule has 2 aliphatic rings. The third-order valence-corrected chi connectivity index (χ3v) is 6.00. The Labute approximate surface area is 182 Å². The third kappa shape index (κ3) is 4.83. The van der Waals surface area contributed by atoms with Crippen LogP contribution in [-0.4, -0.2) is 85.0 Å². The largest absolute Gasteiger partial charge is 0.373 e. The van der Waals surface area contributed by atoms with E-state index >= 15 is 0 Å². The molecule has 2 aliphatic heterocycles. The zero-order valence-corrected chi connectivity index (χ0v) is 17.6. The maximum atomic E-state index is 12.8. The van der Waals surface area contributed by atoms with Gasteiger partial charge in [0.2, 0.25) is 0 Å². The zero-order valence-electron chi connectivity index (χ0n) is 16.9. The molecule has 0 bridgehead atoms. The highest BCUT2D eigenvalue weighted by atomic mass is 35.5. The van der Waals surface area contributed by atoms with Crippen molar-refractivity contribution in [1.29, 1.82) is 0 Å². The molecule has 4 rings (SSSR count). The lowest BCUT2D eigenvalue weighted by molar-refractivity contribution is -0.0399. The third-order valence-electron chi connectivity index (χ3n) is 5.67. The Bertz CT molecular complexity index is 884. The molecule has 0 aromatic heterocycles. The van der Waals surface area contributed by atoms with E-state index in [1.807, 2.05) is 52.3 Å². The van der Waals surface area contributed by atoms with E-state index in [-0.39, 0.29) is 17.9 Å². The number of nitrogens with zero attached hydrogens (tertiary/aromatic N) is 3. The molecule has 2 amide bonds. The van der Waals surface area contributed by atoms with Crippen molar-refractivity contribution in [3.8, 4) is 0 Å². The normalized spacial score (nSPS) is 20.2. The average molecular weight is 428 g/mol. The van der Waals surface area contributed by atoms with Crippen LogP contribution in [0.5, 0.6) is 0 Å². The highest BCUT2D eigenvalue weighted by molar-refractivity contribution is 6.33. The number of carbonyl (C=O) groups excluding carboxylic acids is 2. The van der Waals surface area contributed by atoms with Crippen LogP contribution in [-0.2, 0) is 4.74 Å². The van der Waals surface area contributed by atoms with Gasteiger partial charge in [-0.2, -0.15) is 0 Å². The summed E-state index contributed by atoms with van der Waals surface area (Å²) in [6.07, 6.45) is -0.0402. The standard InChI is InChI=1S/C23H26ClN3O3/c24-21-9-5-4-8-20(21)23(29)27-14-15-30-19(17-27)16-25-10-12-26(13-11-25)22(28)18-6-2-1-3-7-18/h1-9,19H,10-17H2. The minimum Gasteiger partial charge on any atom is -0.373 e. The van der Waals surface area contributed by atoms with Gasteiger partial charge in [-0.3, -0.25) is 14.5 Å². The number of hydrogen-bond donors (Lipinski definition) is 0. The molecule has 30 heavy (non-hydrogen) atoms. The number of carbonyl (C=O) groups is 2. The SMILES string of the molecule is O=C(c1ccccc1)N1CCN(CC2CN(C(=O)c3ccccc3Cl)CCO2)CC1. The van der Waals surface area contributed by atoms with Gasteiger partial charge < -0.3 is 14.5 Å². The van der Waals surface area contributed by atoms with Crippen LogP contribution in [0.3, 0.4) is 0 Å². The highest BCUT2D eigenvalue weighted by Gasteiger charge is 2.29. The zero-order chi connectivity index (χ0) is 20.9. The molecule has 6 nitrogen and oxygen atoms in total. The number of rotatable bonds is 4. The van der Waals surface area contributed by atoms with Crippen molar-refractivity contribution >= 4 is 23.4 Å². The molecule has 7 heteroatoms. The van der Waals surface area contributed by atoms with Crippen LogP contribution in [0.1, 0.15) is 20.7 Å². The minimum absolute atomic E-state index is 0.0402. The fourth-order valence-corrected chi connectivity index (χ4v) is 4.22. The monoisotopic (exact) mass is 427 g/mol. The van der Waals surface area contributed by atoms with Gasteiger partial charge in [-0.1, -0.05) is 41.9 Å². The minimum atomic E-state index is -0.0489. The second-order valence-electron chi connectivity index (χ2n) is 7.68. The van der Waals surface area contributed by atoms with Crippen molar-refractivity contribution in [2.45, 2.75) is 6.10 Å². The first-order valence-corrected chi connectivity index (χ1v) is 10.7. The number of piperazine rings is 1. The van der Waals surface area contributed by atoms with E-state index < -0.39 is 0 Å². The van der Waals surface area contributed by atoms with Gasteiger partial charge >= 0.3 is 0 Å². The first-order chi connectivity index (χ1) is 14.6. The van der Waals surface area contributed by atoms with Gasteiger partial charge in [0.25, 0.3) is 11.8 Å². The van der Waals surface area contributed by atoms with Gasteiger partial charge in [0.1, 0.15) is 0 Å². The Hall–Kier alpha value is -2.41. The molecule has 158 valence electrons. The predicted octanol–water partition coefficient (Wildman–Crippen LogP) is 2.64. The summed E-state index contributed by atoms with van der Waals surface area (Å²) in [5, 5.41) is 0.477. The number of hydrogen-bond acceptors (Lipinski definition) is 4. The van der Waals surface area contributed by atoms with Crippen molar-refractivity contribution < 1.29 is 14.3 Å². The van der Waals surface area contributed by atoms with Crippen LogP contribution in [0.25, 0.3) is 0 Å². The van der Waals surface area contributed by atoms with Crippen LogP contribution >= 0.6 is 11.6 Å². The lowest BCUT2D eigenvalue weighted by Gasteiger charge is -2.39. The molecule has 2 fully saturated rings. The summed E-state index contributed by atoms with van der Waals surface area (Å²) in [5.74, 6) is 0.0351. The number of amides is 2. The lowest BCUT2D eigenvalue weighted by atomic mass is 10.1. The lowest BCUT2D eigenvalue weighted by Crippen LogP contribution is -2.54. The first-order valence-electron chi connectivity index (χ1n) is 10.3. The molecule has 0 N–H and O–H groups in total. The molecule has 2 aromatic rings. The molecule has 1 atom stereocenters. The maximum Gasteiger partial charge on any atom is 0.255 e. The van der Waals surface area contributed by atoms with Crippen LogP contribution in [0.15, 0.2) is 54.6 Å². The number of ether oxygens (including phenoxy) is 1. The van der Waals surface area contributed by atoms with Gasteiger partial charge in [0, 0.05) is 51.4 Å². The Morgan fingerprint density at radius 2 is 1.57 bits per heavy atom. The predicted molar refractivity (Wildman–Crippen MR) is 116 cm³/mol. The molecule has 2 heterocycles. The molecule has 0 radical (unpaired) electrons. The smallest absolute Gasteiger partial charge is 0.255 e. The number of morpholine rings is 1. The summed E-state index contributed by atoms with van der Waals surface area (Å²) in [4.78, 5) is 31.5. The summed E-state index contributed by atoms with van der Waals surface area (Å²) < 4.78 is 5.92. The van der Waals surface area contributed by atoms with E-state index in [0.29, 0.717) is 43.4 Å². The first kappa shape index (κ1) is 20.8. The molecular formula is C23H26ClN3O3. The van der Waals surface area contributed by atoms with Crippen LogP contribution in [0.2, 0.25) is 5.02 Å². The van der Waals surface area contributed by atoms with E-state index in [1.165, 1.54) is 0 Å². The van der Waals surface area contributed by atoms with Crippen molar-refractivity contribution in [2.75, 3.05) is 52.4 Å². The molecule has 0 spiro atoms. The Morgan fingerprint density at radius 3 is 2.30 bits per heavy atom. The van der Waals surface area contributed by atoms with Gasteiger partial charge in [0.05, 0.1) is 23.3 Å². The Balaban J connectivity index is 1.28. The maximum absolute atomic E-state index is 12.8. The van der Waals surface area contributed by atoms with Crippen LogP contribution in [0.4, 0.5) is 0 Å². The van der Waals surface area contributed by atoms with E-state index in [1.54, 1.807) is 12.1 Å². The van der Waals surface area contributed by atoms with Gasteiger partial charge in [-0.05, 0) is 24.3 Å². The fourth-order valence-electron chi connectivity index (χ4n) is 4.00. The van der Waals surface area contributed by atoms with Crippen molar-refractivity contribution in [1.82, 2.24) is 14.7 Å². The topological polar surface area (TPSA) is 53.1 Å². The van der Waals surface area contributed by atoms with E-state index in [0.717, 1.165) is 25.2 Å². The summed E-state index contributed by atoms with van der Waals surface area (Å²) in [6, 6.07) is 16.6. The van der Waals surface area contributed by atoms with Gasteiger partial charge in [-0.15, -0.1) is 0 Å². The molecule has 0 aliphatic carbocycles. The van der Waals surface area contributed by atoms with Crippen molar-refractivity contribution in [3.05, 3.63) is 70.7 Å². The van der Waals surface area contributed by atoms with E-state index in [2.05, 4.69) is 4.90 Å². The average Bonchev–Trinajstić information content (AvgIpc) is 2.80. The fraction of sp³-hybridized carbons (Fsp3) is 0.391. The van der Waals surface area contributed by atoms with Crippen LogP contribution in [0, 0.1) is 0 Å². The van der Waals surface area contributed by atoms with Crippen LogP contribution < -0.4 is 0 Å². The van der Waals surface area contributed by atoms with E-state index in [4.69, 9.17) is 16.3 Å². The molecule has 1 unspecified atom stereocenters. The van der Waals surface area contributed by atoms with Crippen molar-refractivity contribution in [2.24, 2.45) is 0 Å². The number of benzene rings is 2. The second kappa shape index (κ2) is 9.60. The summed E-state index contributed by atoms with van der Waals surface area (Å²) in [5.41, 5.74) is 1.27. The van der Waals surface area contributed by atoms with E-state index in [9.17, 15) is 9.59 Å². The van der Waals surface area contributed by atoms with Gasteiger partial charge in [0.15, 0.2) is 0 Å². The molecule has 2 saturated heterocycles. The summed E-state index contributed by atoms with van der Waals surface area (Å²) in [7, 11) is 0. The second-order valence-corrected chi connectivity index (χ2v) is 8.09.